The monoisotopic (exact) mass is 376 g/mol. The van der Waals surface area contributed by atoms with E-state index in [4.69, 9.17) is 0 Å². The number of carbonyl (C=O) groups excluding carboxylic acids is 1. The van der Waals surface area contributed by atoms with Gasteiger partial charge in [-0.3, -0.25) is 4.79 Å². The number of carbonyl (C=O) groups is 1. The van der Waals surface area contributed by atoms with Gasteiger partial charge in [-0.2, -0.15) is 22.0 Å². The van der Waals surface area contributed by atoms with Crippen LogP contribution in [0.15, 0.2) is 42.6 Å². The molecule has 0 atom stereocenters. The summed E-state index contributed by atoms with van der Waals surface area (Å²) in [6, 6.07) is 7.93. The smallest absolute Gasteiger partial charge is 0.422 e. The third-order valence-electron chi connectivity index (χ3n) is 2.96. The second-order valence-corrected chi connectivity index (χ2v) is 5.00. The minimum absolute atomic E-state index is 0.0241. The van der Waals surface area contributed by atoms with Crippen LogP contribution < -0.4 is 14.8 Å². The number of hydrogen-bond donors (Lipinski definition) is 1. The molecule has 26 heavy (non-hydrogen) atoms. The summed E-state index contributed by atoms with van der Waals surface area (Å²) in [5.74, 6) is -0.972. The zero-order valence-electron chi connectivity index (χ0n) is 13.1. The number of nitrogens with one attached hydrogen (secondary N) is 1. The van der Waals surface area contributed by atoms with E-state index < -0.39 is 25.3 Å². The van der Waals surface area contributed by atoms with Crippen molar-refractivity contribution in [1.82, 2.24) is 10.3 Å². The Balaban J connectivity index is 1.95. The topological polar surface area (TPSA) is 60.5 Å². The normalized spacial score (nSPS) is 11.3. The number of halogens is 5. The van der Waals surface area contributed by atoms with E-state index in [0.29, 0.717) is 5.56 Å². The highest BCUT2D eigenvalue weighted by Gasteiger charge is 2.28. The van der Waals surface area contributed by atoms with Crippen molar-refractivity contribution in [3.8, 4) is 11.6 Å². The van der Waals surface area contributed by atoms with Crippen LogP contribution >= 0.6 is 0 Å². The zero-order valence-corrected chi connectivity index (χ0v) is 13.1. The average Bonchev–Trinajstić information content (AvgIpc) is 2.57. The molecule has 0 saturated carbocycles. The Kier molecular flexibility index (Phi) is 6.31. The second-order valence-electron chi connectivity index (χ2n) is 5.00. The molecule has 10 heteroatoms. The van der Waals surface area contributed by atoms with E-state index in [0.717, 1.165) is 6.07 Å². The Morgan fingerprint density at radius 3 is 2.65 bits per heavy atom. The van der Waals surface area contributed by atoms with E-state index in [9.17, 15) is 26.7 Å². The van der Waals surface area contributed by atoms with Crippen LogP contribution in [0.4, 0.5) is 22.0 Å². The van der Waals surface area contributed by atoms with Gasteiger partial charge in [0.25, 0.3) is 5.91 Å². The van der Waals surface area contributed by atoms with Crippen LogP contribution in [0.3, 0.4) is 0 Å². The molecule has 0 fully saturated rings. The van der Waals surface area contributed by atoms with E-state index in [2.05, 4.69) is 19.8 Å². The number of hydrogen-bond acceptors (Lipinski definition) is 4. The van der Waals surface area contributed by atoms with Crippen molar-refractivity contribution in [2.24, 2.45) is 0 Å². The van der Waals surface area contributed by atoms with Gasteiger partial charge in [0.15, 0.2) is 6.61 Å². The summed E-state index contributed by atoms with van der Waals surface area (Å²) >= 11 is 0. The lowest BCUT2D eigenvalue weighted by Gasteiger charge is -2.10. The fourth-order valence-electron chi connectivity index (χ4n) is 1.89. The SMILES string of the molecule is O=C(NCc1ccnc(OCC(F)(F)F)c1)c1cccc(OC(F)F)c1. The number of amides is 1. The van der Waals surface area contributed by atoms with Gasteiger partial charge in [-0.15, -0.1) is 0 Å². The molecule has 0 bridgehead atoms. The van der Waals surface area contributed by atoms with Gasteiger partial charge in [0.05, 0.1) is 0 Å². The van der Waals surface area contributed by atoms with Gasteiger partial charge in [0, 0.05) is 24.4 Å². The highest BCUT2D eigenvalue weighted by molar-refractivity contribution is 5.94. The number of aromatic nitrogens is 1. The van der Waals surface area contributed by atoms with Gasteiger partial charge >= 0.3 is 12.8 Å². The Bertz CT molecular complexity index is 753. The number of ether oxygens (including phenoxy) is 2. The minimum atomic E-state index is -4.49. The highest BCUT2D eigenvalue weighted by Crippen LogP contribution is 2.18. The van der Waals surface area contributed by atoms with Gasteiger partial charge in [0.2, 0.25) is 5.88 Å². The summed E-state index contributed by atoms with van der Waals surface area (Å²) in [6.07, 6.45) is -3.25. The number of alkyl halides is 5. The van der Waals surface area contributed by atoms with E-state index in [1.165, 1.54) is 36.5 Å². The first kappa shape index (κ1) is 19.4. The van der Waals surface area contributed by atoms with Gasteiger partial charge in [-0.25, -0.2) is 4.98 Å². The molecule has 2 aromatic rings. The van der Waals surface area contributed by atoms with Gasteiger partial charge < -0.3 is 14.8 Å². The van der Waals surface area contributed by atoms with Crippen LogP contribution in [-0.2, 0) is 6.54 Å². The lowest BCUT2D eigenvalue weighted by Crippen LogP contribution is -2.23. The number of benzene rings is 1. The molecule has 0 aliphatic carbocycles. The maximum absolute atomic E-state index is 12.2. The predicted octanol–water partition coefficient (Wildman–Crippen LogP) is 3.55. The first-order valence-electron chi connectivity index (χ1n) is 7.20. The molecule has 5 nitrogen and oxygen atoms in total. The van der Waals surface area contributed by atoms with Crippen LogP contribution in [0, 0.1) is 0 Å². The first-order valence-corrected chi connectivity index (χ1v) is 7.20. The number of rotatable bonds is 7. The molecule has 0 aliphatic rings. The predicted molar refractivity (Wildman–Crippen MR) is 80.0 cm³/mol. The van der Waals surface area contributed by atoms with Crippen molar-refractivity contribution in [3.05, 3.63) is 53.7 Å². The maximum atomic E-state index is 12.2. The van der Waals surface area contributed by atoms with E-state index >= 15 is 0 Å². The minimum Gasteiger partial charge on any atom is -0.468 e. The van der Waals surface area contributed by atoms with Crippen molar-refractivity contribution in [2.45, 2.75) is 19.3 Å². The molecular formula is C16H13F5N2O3. The first-order chi connectivity index (χ1) is 12.2. The molecule has 0 aliphatic heterocycles. The summed E-state index contributed by atoms with van der Waals surface area (Å²) in [6.45, 7) is -4.52. The molecule has 0 saturated heterocycles. The largest absolute Gasteiger partial charge is 0.468 e. The average molecular weight is 376 g/mol. The fourth-order valence-corrected chi connectivity index (χ4v) is 1.89. The van der Waals surface area contributed by atoms with Crippen LogP contribution in [0.5, 0.6) is 11.6 Å². The Labute approximate surface area is 144 Å². The lowest BCUT2D eigenvalue weighted by molar-refractivity contribution is -0.154. The van der Waals surface area contributed by atoms with E-state index in [-0.39, 0.29) is 23.7 Å². The maximum Gasteiger partial charge on any atom is 0.422 e. The summed E-state index contributed by atoms with van der Waals surface area (Å²) in [5.41, 5.74) is 0.538. The number of nitrogens with zero attached hydrogens (tertiary/aromatic N) is 1. The number of pyridine rings is 1. The fraction of sp³-hybridized carbons (Fsp3) is 0.250. The zero-order chi connectivity index (χ0) is 19.2. The summed E-state index contributed by atoms with van der Waals surface area (Å²) in [4.78, 5) is 15.7. The molecule has 1 N–H and O–H groups in total. The summed E-state index contributed by atoms with van der Waals surface area (Å²) in [5, 5.41) is 2.51. The Hall–Kier alpha value is -2.91. The summed E-state index contributed by atoms with van der Waals surface area (Å²) < 4.78 is 69.5. The standard InChI is InChI=1S/C16H13F5N2O3/c17-15(18)26-12-3-1-2-11(7-12)14(24)23-8-10-4-5-22-13(6-10)25-9-16(19,20)21/h1-7,15H,8-9H2,(H,23,24). The molecule has 2 rings (SSSR count). The Morgan fingerprint density at radius 1 is 1.19 bits per heavy atom. The third kappa shape index (κ3) is 6.54. The summed E-state index contributed by atoms with van der Waals surface area (Å²) in [7, 11) is 0. The van der Waals surface area contributed by atoms with Crippen LogP contribution in [-0.4, -0.2) is 30.3 Å². The lowest BCUT2D eigenvalue weighted by atomic mass is 10.2. The van der Waals surface area contributed by atoms with Gasteiger partial charge in [-0.1, -0.05) is 6.07 Å². The molecule has 0 spiro atoms. The van der Waals surface area contributed by atoms with Crippen molar-refractivity contribution in [1.29, 1.82) is 0 Å². The van der Waals surface area contributed by atoms with Crippen molar-refractivity contribution in [3.63, 3.8) is 0 Å². The van der Waals surface area contributed by atoms with Crippen LogP contribution in [0.1, 0.15) is 15.9 Å². The van der Waals surface area contributed by atoms with E-state index in [1.54, 1.807) is 0 Å². The van der Waals surface area contributed by atoms with Crippen LogP contribution in [0.2, 0.25) is 0 Å². The van der Waals surface area contributed by atoms with Crippen LogP contribution in [0.25, 0.3) is 0 Å². The van der Waals surface area contributed by atoms with Gasteiger partial charge in [0.1, 0.15) is 5.75 Å². The third-order valence-corrected chi connectivity index (χ3v) is 2.96. The molecule has 0 radical (unpaired) electrons. The highest BCUT2D eigenvalue weighted by atomic mass is 19.4. The molecule has 1 aromatic carbocycles. The van der Waals surface area contributed by atoms with Crippen molar-refractivity contribution < 1.29 is 36.2 Å². The van der Waals surface area contributed by atoms with E-state index in [1.807, 2.05) is 0 Å². The van der Waals surface area contributed by atoms with Crippen molar-refractivity contribution in [2.75, 3.05) is 6.61 Å². The van der Waals surface area contributed by atoms with Gasteiger partial charge in [-0.05, 0) is 29.8 Å². The van der Waals surface area contributed by atoms with Crippen molar-refractivity contribution >= 4 is 5.91 Å². The molecule has 1 amide bonds. The molecule has 140 valence electrons. The Morgan fingerprint density at radius 2 is 1.96 bits per heavy atom. The molecule has 1 heterocycles. The quantitative estimate of drug-likeness (QED) is 0.751. The second kappa shape index (κ2) is 8.45. The molecule has 0 unspecified atom stereocenters. The molecule has 1 aromatic heterocycles. The molecular weight excluding hydrogens is 363 g/mol.